The average Bonchev–Trinajstić information content (AvgIpc) is 2.33. The van der Waals surface area contributed by atoms with E-state index in [1.807, 2.05) is 0 Å². The normalized spacial score (nSPS) is 23.5. The second-order valence-electron chi connectivity index (χ2n) is 3.16. The van der Waals surface area contributed by atoms with Crippen LogP contribution >= 0.6 is 0 Å². The third kappa shape index (κ3) is 3.49. The van der Waals surface area contributed by atoms with Crippen molar-refractivity contribution < 1.29 is 20.0 Å². The van der Waals surface area contributed by atoms with E-state index in [4.69, 9.17) is 14.9 Å². The molecule has 1 heterocycles. The standard InChI is InChI=1S/C8H16O4/c9-6-8(10)5-7-1-3-11-12-4-2-7/h7-10H,1-6H2. The van der Waals surface area contributed by atoms with Crippen LogP contribution in [-0.4, -0.2) is 36.1 Å². The van der Waals surface area contributed by atoms with Gasteiger partial charge in [0.25, 0.3) is 0 Å². The van der Waals surface area contributed by atoms with Crippen molar-refractivity contribution >= 4 is 0 Å². The van der Waals surface area contributed by atoms with Gasteiger partial charge in [-0.05, 0) is 25.2 Å². The number of hydrogen-bond donors (Lipinski definition) is 2. The molecule has 1 saturated heterocycles. The number of aliphatic hydroxyl groups is 2. The fraction of sp³-hybridized carbons (Fsp3) is 1.00. The molecule has 12 heavy (non-hydrogen) atoms. The van der Waals surface area contributed by atoms with Crippen molar-refractivity contribution in [3.05, 3.63) is 0 Å². The summed E-state index contributed by atoms with van der Waals surface area (Å²) in [6, 6.07) is 0. The Bertz CT molecular complexity index is 110. The third-order valence-corrected chi connectivity index (χ3v) is 2.12. The Morgan fingerprint density at radius 2 is 1.83 bits per heavy atom. The number of aliphatic hydroxyl groups excluding tert-OH is 2. The summed E-state index contributed by atoms with van der Waals surface area (Å²) in [5.74, 6) is 0.412. The number of hydrogen-bond acceptors (Lipinski definition) is 4. The third-order valence-electron chi connectivity index (χ3n) is 2.12. The van der Waals surface area contributed by atoms with Crippen LogP contribution in [0.1, 0.15) is 19.3 Å². The van der Waals surface area contributed by atoms with Crippen molar-refractivity contribution in [3.8, 4) is 0 Å². The van der Waals surface area contributed by atoms with E-state index >= 15 is 0 Å². The summed E-state index contributed by atoms with van der Waals surface area (Å²) < 4.78 is 0. The SMILES string of the molecule is OCC(O)CC1CCOOCC1. The highest BCUT2D eigenvalue weighted by atomic mass is 17.2. The van der Waals surface area contributed by atoms with Crippen LogP contribution in [0.5, 0.6) is 0 Å². The average molecular weight is 176 g/mol. The van der Waals surface area contributed by atoms with Gasteiger partial charge in [-0.15, -0.1) is 0 Å². The van der Waals surface area contributed by atoms with E-state index < -0.39 is 6.10 Å². The van der Waals surface area contributed by atoms with Gasteiger partial charge in [0, 0.05) is 0 Å². The number of rotatable bonds is 3. The van der Waals surface area contributed by atoms with Crippen LogP contribution in [-0.2, 0) is 9.78 Å². The first kappa shape index (κ1) is 9.92. The summed E-state index contributed by atoms with van der Waals surface area (Å²) in [6.07, 6.45) is 1.85. The second-order valence-corrected chi connectivity index (χ2v) is 3.16. The molecule has 1 rings (SSSR count). The first-order valence-electron chi connectivity index (χ1n) is 4.36. The van der Waals surface area contributed by atoms with E-state index in [2.05, 4.69) is 0 Å². The maximum Gasteiger partial charge on any atom is 0.0825 e. The molecule has 1 aliphatic heterocycles. The van der Waals surface area contributed by atoms with Crippen LogP contribution in [0.3, 0.4) is 0 Å². The van der Waals surface area contributed by atoms with Gasteiger partial charge in [0.15, 0.2) is 0 Å². The summed E-state index contributed by atoms with van der Waals surface area (Å²) in [6.45, 7) is 1.02. The van der Waals surface area contributed by atoms with Crippen molar-refractivity contribution in [1.82, 2.24) is 0 Å². The summed E-state index contributed by atoms with van der Waals surface area (Å²) in [4.78, 5) is 9.59. The highest BCUT2D eigenvalue weighted by molar-refractivity contribution is 4.65. The molecule has 0 aliphatic carbocycles. The lowest BCUT2D eigenvalue weighted by atomic mass is 9.95. The Morgan fingerprint density at radius 1 is 1.25 bits per heavy atom. The minimum Gasteiger partial charge on any atom is -0.394 e. The van der Waals surface area contributed by atoms with Crippen LogP contribution in [0.4, 0.5) is 0 Å². The molecule has 0 radical (unpaired) electrons. The lowest BCUT2D eigenvalue weighted by Crippen LogP contribution is -2.18. The molecule has 0 aromatic carbocycles. The van der Waals surface area contributed by atoms with Gasteiger partial charge in [0.1, 0.15) is 0 Å². The maximum atomic E-state index is 9.17. The van der Waals surface area contributed by atoms with E-state index in [0.29, 0.717) is 25.6 Å². The van der Waals surface area contributed by atoms with E-state index in [1.54, 1.807) is 0 Å². The minimum atomic E-state index is -0.590. The van der Waals surface area contributed by atoms with Crippen LogP contribution < -0.4 is 0 Å². The fourth-order valence-electron chi connectivity index (χ4n) is 1.39. The molecule has 1 fully saturated rings. The van der Waals surface area contributed by atoms with E-state index in [9.17, 15) is 5.11 Å². The van der Waals surface area contributed by atoms with Crippen molar-refractivity contribution in [2.75, 3.05) is 19.8 Å². The molecule has 0 aromatic heterocycles. The van der Waals surface area contributed by atoms with Crippen molar-refractivity contribution in [2.24, 2.45) is 5.92 Å². The minimum absolute atomic E-state index is 0.155. The molecule has 1 aliphatic rings. The summed E-state index contributed by atoms with van der Waals surface area (Å²) in [5, 5.41) is 17.8. The zero-order valence-corrected chi connectivity index (χ0v) is 7.11. The molecule has 0 spiro atoms. The molecule has 1 atom stereocenters. The lowest BCUT2D eigenvalue weighted by Gasteiger charge is -2.15. The van der Waals surface area contributed by atoms with Gasteiger partial charge in [-0.1, -0.05) is 0 Å². The zero-order chi connectivity index (χ0) is 8.81. The van der Waals surface area contributed by atoms with Crippen LogP contribution in [0.15, 0.2) is 0 Å². The van der Waals surface area contributed by atoms with Gasteiger partial charge in [0.05, 0.1) is 25.9 Å². The van der Waals surface area contributed by atoms with Gasteiger partial charge in [-0.3, -0.25) is 0 Å². The summed E-state index contributed by atoms with van der Waals surface area (Å²) in [5.41, 5.74) is 0. The van der Waals surface area contributed by atoms with Crippen molar-refractivity contribution in [2.45, 2.75) is 25.4 Å². The molecular formula is C8H16O4. The Kier molecular flexibility index (Phi) is 4.53. The molecular weight excluding hydrogens is 160 g/mol. The summed E-state index contributed by atoms with van der Waals surface area (Å²) >= 11 is 0. The zero-order valence-electron chi connectivity index (χ0n) is 7.11. The van der Waals surface area contributed by atoms with Gasteiger partial charge in [-0.25, -0.2) is 9.78 Å². The molecule has 1 unspecified atom stereocenters. The highest BCUT2D eigenvalue weighted by Crippen LogP contribution is 2.18. The molecule has 0 bridgehead atoms. The van der Waals surface area contributed by atoms with E-state index in [-0.39, 0.29) is 6.61 Å². The van der Waals surface area contributed by atoms with Gasteiger partial charge < -0.3 is 10.2 Å². The molecule has 2 N–H and O–H groups in total. The van der Waals surface area contributed by atoms with Crippen LogP contribution in [0, 0.1) is 5.92 Å². The van der Waals surface area contributed by atoms with Gasteiger partial charge in [0.2, 0.25) is 0 Å². The predicted octanol–water partition coefficient (Wildman–Crippen LogP) is 0.0879. The van der Waals surface area contributed by atoms with Gasteiger partial charge in [-0.2, -0.15) is 0 Å². The molecule has 72 valence electrons. The first-order chi connectivity index (χ1) is 5.83. The maximum absolute atomic E-state index is 9.17. The first-order valence-corrected chi connectivity index (χ1v) is 4.36. The highest BCUT2D eigenvalue weighted by Gasteiger charge is 2.16. The molecule has 0 amide bonds. The monoisotopic (exact) mass is 176 g/mol. The van der Waals surface area contributed by atoms with E-state index in [1.165, 1.54) is 0 Å². The van der Waals surface area contributed by atoms with Gasteiger partial charge >= 0.3 is 0 Å². The largest absolute Gasteiger partial charge is 0.394 e. The smallest absolute Gasteiger partial charge is 0.0825 e. The molecule has 0 saturated carbocycles. The predicted molar refractivity (Wildman–Crippen MR) is 42.3 cm³/mol. The molecule has 4 heteroatoms. The van der Waals surface area contributed by atoms with Crippen LogP contribution in [0.25, 0.3) is 0 Å². The van der Waals surface area contributed by atoms with Crippen LogP contribution in [0.2, 0.25) is 0 Å². The quantitative estimate of drug-likeness (QED) is 0.598. The second kappa shape index (κ2) is 5.48. The Balaban J connectivity index is 2.20. The Morgan fingerprint density at radius 3 is 2.33 bits per heavy atom. The van der Waals surface area contributed by atoms with E-state index in [0.717, 1.165) is 12.8 Å². The molecule has 4 nitrogen and oxygen atoms in total. The van der Waals surface area contributed by atoms with Crippen molar-refractivity contribution in [3.63, 3.8) is 0 Å². The Labute approximate surface area is 72.0 Å². The topological polar surface area (TPSA) is 58.9 Å². The lowest BCUT2D eigenvalue weighted by molar-refractivity contribution is -0.287. The fourth-order valence-corrected chi connectivity index (χ4v) is 1.39. The Hall–Kier alpha value is -0.160. The molecule has 0 aromatic rings. The van der Waals surface area contributed by atoms with Crippen molar-refractivity contribution in [1.29, 1.82) is 0 Å². The summed E-state index contributed by atoms with van der Waals surface area (Å²) in [7, 11) is 0.